The zero-order valence-electron chi connectivity index (χ0n) is 11.0. The van der Waals surface area contributed by atoms with Crippen molar-refractivity contribution in [2.45, 2.75) is 6.92 Å². The van der Waals surface area contributed by atoms with Gasteiger partial charge in [0.25, 0.3) is 5.69 Å². The summed E-state index contributed by atoms with van der Waals surface area (Å²) >= 11 is 5.99. The second-order valence-electron chi connectivity index (χ2n) is 4.40. The molecular weight excluding hydrogens is 296 g/mol. The standard InChI is InChI=1S/C14H11ClN2O4/c1-8-2-4-12(13(6-8)17(20)21)16-11-5-3-9(14(18)19)7-10(11)15/h2-7,16H,1H3,(H,18,19). The summed E-state index contributed by atoms with van der Waals surface area (Å²) in [7, 11) is 0. The van der Waals surface area contributed by atoms with Gasteiger partial charge in [-0.25, -0.2) is 4.79 Å². The topological polar surface area (TPSA) is 92.5 Å². The number of nitro benzene ring substituents is 1. The minimum Gasteiger partial charge on any atom is -0.478 e. The van der Waals surface area contributed by atoms with E-state index >= 15 is 0 Å². The van der Waals surface area contributed by atoms with Gasteiger partial charge in [0.05, 0.1) is 21.2 Å². The van der Waals surface area contributed by atoms with Crippen LogP contribution in [-0.2, 0) is 0 Å². The molecule has 7 heteroatoms. The summed E-state index contributed by atoms with van der Waals surface area (Å²) in [6.07, 6.45) is 0. The molecule has 0 saturated carbocycles. The van der Waals surface area contributed by atoms with Gasteiger partial charge < -0.3 is 10.4 Å². The number of halogens is 1. The zero-order chi connectivity index (χ0) is 15.6. The Bertz CT molecular complexity index is 731. The number of aromatic carboxylic acids is 1. The Kier molecular flexibility index (Phi) is 4.09. The van der Waals surface area contributed by atoms with E-state index in [-0.39, 0.29) is 22.0 Å². The van der Waals surface area contributed by atoms with Gasteiger partial charge >= 0.3 is 5.97 Å². The Morgan fingerprint density at radius 3 is 2.48 bits per heavy atom. The minimum atomic E-state index is -1.09. The molecule has 0 spiro atoms. The highest BCUT2D eigenvalue weighted by Crippen LogP contribution is 2.32. The van der Waals surface area contributed by atoms with Crippen molar-refractivity contribution < 1.29 is 14.8 Å². The van der Waals surface area contributed by atoms with Crippen molar-refractivity contribution in [1.29, 1.82) is 0 Å². The second-order valence-corrected chi connectivity index (χ2v) is 4.81. The molecule has 0 atom stereocenters. The van der Waals surface area contributed by atoms with Crippen molar-refractivity contribution in [3.8, 4) is 0 Å². The fraction of sp³-hybridized carbons (Fsp3) is 0.0714. The molecule has 2 rings (SSSR count). The molecule has 2 aromatic carbocycles. The molecule has 0 fully saturated rings. The van der Waals surface area contributed by atoms with Crippen LogP contribution in [0.25, 0.3) is 0 Å². The number of nitrogens with one attached hydrogen (secondary N) is 1. The number of carboxylic acids is 1. The number of rotatable bonds is 4. The average molecular weight is 307 g/mol. The lowest BCUT2D eigenvalue weighted by Gasteiger charge is -2.10. The number of nitro groups is 1. The van der Waals surface area contributed by atoms with Gasteiger partial charge in [-0.15, -0.1) is 0 Å². The van der Waals surface area contributed by atoms with Crippen molar-refractivity contribution in [3.63, 3.8) is 0 Å². The lowest BCUT2D eigenvalue weighted by molar-refractivity contribution is -0.384. The Morgan fingerprint density at radius 1 is 1.24 bits per heavy atom. The number of hydrogen-bond acceptors (Lipinski definition) is 4. The fourth-order valence-electron chi connectivity index (χ4n) is 1.79. The number of aryl methyl sites for hydroxylation is 1. The third-order valence-electron chi connectivity index (χ3n) is 2.84. The summed E-state index contributed by atoms with van der Waals surface area (Å²) in [6, 6.07) is 8.88. The quantitative estimate of drug-likeness (QED) is 0.658. The van der Waals surface area contributed by atoms with Crippen LogP contribution < -0.4 is 5.32 Å². The van der Waals surface area contributed by atoms with E-state index in [1.807, 2.05) is 0 Å². The molecule has 0 aliphatic rings. The molecule has 0 aromatic heterocycles. The average Bonchev–Trinajstić information content (AvgIpc) is 2.42. The molecule has 2 N–H and O–H groups in total. The van der Waals surface area contributed by atoms with Crippen LogP contribution in [0.3, 0.4) is 0 Å². The first kappa shape index (κ1) is 14.8. The molecule has 0 aliphatic carbocycles. The van der Waals surface area contributed by atoms with Gasteiger partial charge in [0.15, 0.2) is 0 Å². The third-order valence-corrected chi connectivity index (χ3v) is 3.15. The van der Waals surface area contributed by atoms with Crippen LogP contribution in [0.2, 0.25) is 5.02 Å². The van der Waals surface area contributed by atoms with Crippen LogP contribution >= 0.6 is 11.6 Å². The molecule has 0 aliphatic heterocycles. The maximum atomic E-state index is 11.0. The number of carbonyl (C=O) groups is 1. The van der Waals surface area contributed by atoms with Gasteiger partial charge in [-0.2, -0.15) is 0 Å². The predicted octanol–water partition coefficient (Wildman–Crippen LogP) is 4.00. The van der Waals surface area contributed by atoms with Crippen LogP contribution in [0, 0.1) is 17.0 Å². The molecule has 0 amide bonds. The molecule has 21 heavy (non-hydrogen) atoms. The largest absolute Gasteiger partial charge is 0.478 e. The normalized spacial score (nSPS) is 10.2. The Hall–Kier alpha value is -2.60. The lowest BCUT2D eigenvalue weighted by atomic mass is 10.1. The van der Waals surface area contributed by atoms with Gasteiger partial charge in [-0.05, 0) is 36.8 Å². The maximum absolute atomic E-state index is 11.0. The van der Waals surface area contributed by atoms with Crippen LogP contribution in [-0.4, -0.2) is 16.0 Å². The van der Waals surface area contributed by atoms with Crippen LogP contribution in [0.1, 0.15) is 15.9 Å². The second kappa shape index (κ2) is 5.80. The number of anilines is 2. The molecule has 0 saturated heterocycles. The highest BCUT2D eigenvalue weighted by atomic mass is 35.5. The van der Waals surface area contributed by atoms with Crippen LogP contribution in [0.15, 0.2) is 36.4 Å². The number of nitrogens with zero attached hydrogens (tertiary/aromatic N) is 1. The van der Waals surface area contributed by atoms with Gasteiger partial charge in [0, 0.05) is 6.07 Å². The Labute approximate surface area is 125 Å². The smallest absolute Gasteiger partial charge is 0.335 e. The predicted molar refractivity (Wildman–Crippen MR) is 79.5 cm³/mol. The molecule has 6 nitrogen and oxygen atoms in total. The Morgan fingerprint density at radius 2 is 1.90 bits per heavy atom. The van der Waals surface area contributed by atoms with E-state index in [1.165, 1.54) is 24.3 Å². The monoisotopic (exact) mass is 306 g/mol. The van der Waals surface area contributed by atoms with Gasteiger partial charge in [0.1, 0.15) is 5.69 Å². The van der Waals surface area contributed by atoms with E-state index < -0.39 is 10.9 Å². The number of hydrogen-bond donors (Lipinski definition) is 2. The van der Waals surface area contributed by atoms with E-state index in [9.17, 15) is 14.9 Å². The van der Waals surface area contributed by atoms with E-state index in [0.29, 0.717) is 5.69 Å². The molecule has 0 radical (unpaired) electrons. The van der Waals surface area contributed by atoms with Crippen molar-refractivity contribution in [1.82, 2.24) is 0 Å². The summed E-state index contributed by atoms with van der Waals surface area (Å²) < 4.78 is 0. The summed E-state index contributed by atoms with van der Waals surface area (Å²) in [4.78, 5) is 21.4. The van der Waals surface area contributed by atoms with Crippen molar-refractivity contribution in [2.75, 3.05) is 5.32 Å². The summed E-state index contributed by atoms with van der Waals surface area (Å²) in [5, 5.41) is 22.9. The van der Waals surface area contributed by atoms with Crippen molar-refractivity contribution in [3.05, 3.63) is 62.7 Å². The molecule has 0 unspecified atom stereocenters. The molecular formula is C14H11ClN2O4. The lowest BCUT2D eigenvalue weighted by Crippen LogP contribution is -2.00. The summed E-state index contributed by atoms with van der Waals surface area (Å²) in [6.45, 7) is 1.76. The fourth-order valence-corrected chi connectivity index (χ4v) is 2.02. The molecule has 0 heterocycles. The highest BCUT2D eigenvalue weighted by molar-refractivity contribution is 6.33. The molecule has 0 bridgehead atoms. The Balaban J connectivity index is 2.39. The number of carboxylic acid groups (broad SMARTS) is 1. The van der Waals surface area contributed by atoms with Gasteiger partial charge in [-0.1, -0.05) is 17.7 Å². The third kappa shape index (κ3) is 3.29. The molecule has 108 valence electrons. The first-order chi connectivity index (χ1) is 9.88. The zero-order valence-corrected chi connectivity index (χ0v) is 11.7. The minimum absolute atomic E-state index is 0.0453. The van der Waals surface area contributed by atoms with Crippen molar-refractivity contribution in [2.24, 2.45) is 0 Å². The summed E-state index contributed by atoms with van der Waals surface area (Å²) in [5.41, 5.74) is 1.42. The maximum Gasteiger partial charge on any atom is 0.335 e. The van der Waals surface area contributed by atoms with Crippen molar-refractivity contribution >= 4 is 34.6 Å². The SMILES string of the molecule is Cc1ccc(Nc2ccc(C(=O)O)cc2Cl)c([N+](=O)[O-])c1. The van der Waals surface area contributed by atoms with E-state index in [0.717, 1.165) is 5.56 Å². The van der Waals surface area contributed by atoms with E-state index in [1.54, 1.807) is 19.1 Å². The number of benzene rings is 2. The first-order valence-electron chi connectivity index (χ1n) is 5.93. The van der Waals surface area contributed by atoms with Crippen LogP contribution in [0.4, 0.5) is 17.1 Å². The van der Waals surface area contributed by atoms with Crippen LogP contribution in [0.5, 0.6) is 0 Å². The molecule has 2 aromatic rings. The van der Waals surface area contributed by atoms with E-state index in [4.69, 9.17) is 16.7 Å². The van der Waals surface area contributed by atoms with Gasteiger partial charge in [0.2, 0.25) is 0 Å². The van der Waals surface area contributed by atoms with Gasteiger partial charge in [-0.3, -0.25) is 10.1 Å². The highest BCUT2D eigenvalue weighted by Gasteiger charge is 2.15. The first-order valence-corrected chi connectivity index (χ1v) is 6.31. The van der Waals surface area contributed by atoms with E-state index in [2.05, 4.69) is 5.32 Å². The summed E-state index contributed by atoms with van der Waals surface area (Å²) in [5.74, 6) is -1.09.